The highest BCUT2D eigenvalue weighted by Gasteiger charge is 2.32. The molecule has 1 aliphatic heterocycles. The van der Waals surface area contributed by atoms with E-state index in [-0.39, 0.29) is 16.6 Å². The Morgan fingerprint density at radius 3 is 2.38 bits per heavy atom. The van der Waals surface area contributed by atoms with Crippen molar-refractivity contribution in [2.75, 3.05) is 24.5 Å². The van der Waals surface area contributed by atoms with Gasteiger partial charge in [-0.2, -0.15) is 4.31 Å². The van der Waals surface area contributed by atoms with Gasteiger partial charge in [0.15, 0.2) is 0 Å². The molecular weight excluding hydrogens is 388 g/mol. The van der Waals surface area contributed by atoms with E-state index in [1.165, 1.54) is 14.7 Å². The third-order valence-electron chi connectivity index (χ3n) is 5.80. The van der Waals surface area contributed by atoms with Gasteiger partial charge in [-0.05, 0) is 49.7 Å². The van der Waals surface area contributed by atoms with Gasteiger partial charge in [0.25, 0.3) is 0 Å². The van der Waals surface area contributed by atoms with Crippen LogP contribution < -0.4 is 10.6 Å². The van der Waals surface area contributed by atoms with Crippen LogP contribution in [-0.4, -0.2) is 47.5 Å². The molecule has 7 nitrogen and oxygen atoms in total. The summed E-state index contributed by atoms with van der Waals surface area (Å²) < 4.78 is 31.1. The molecule has 2 aromatic carbocycles. The summed E-state index contributed by atoms with van der Waals surface area (Å²) in [5.41, 5.74) is 3.47. The minimum atomic E-state index is -3.64. The first-order valence-electron chi connectivity index (χ1n) is 9.69. The number of anilines is 1. The SMILES string of the molecule is Cc1cccc(N2CCN(S(=O)(=O)c3ccc4c(c3)n(C)c(=O)n4C)CC2C)c1. The van der Waals surface area contributed by atoms with E-state index >= 15 is 0 Å². The van der Waals surface area contributed by atoms with Crippen molar-refractivity contribution >= 4 is 26.7 Å². The summed E-state index contributed by atoms with van der Waals surface area (Å²) in [4.78, 5) is 14.6. The number of nitrogens with zero attached hydrogens (tertiary/aromatic N) is 4. The summed E-state index contributed by atoms with van der Waals surface area (Å²) in [5.74, 6) is 0. The lowest BCUT2D eigenvalue weighted by molar-refractivity contribution is 0.342. The summed E-state index contributed by atoms with van der Waals surface area (Å²) in [6.45, 7) is 5.58. The summed E-state index contributed by atoms with van der Waals surface area (Å²) in [7, 11) is -0.296. The Bertz CT molecular complexity index is 1240. The number of aromatic nitrogens is 2. The topological polar surface area (TPSA) is 67.6 Å². The highest BCUT2D eigenvalue weighted by Crippen LogP contribution is 2.26. The molecule has 1 fully saturated rings. The molecule has 29 heavy (non-hydrogen) atoms. The Kier molecular flexibility index (Phi) is 4.78. The van der Waals surface area contributed by atoms with E-state index in [9.17, 15) is 13.2 Å². The van der Waals surface area contributed by atoms with Crippen LogP contribution in [-0.2, 0) is 24.1 Å². The lowest BCUT2D eigenvalue weighted by Crippen LogP contribution is -2.53. The van der Waals surface area contributed by atoms with Crippen molar-refractivity contribution < 1.29 is 8.42 Å². The second kappa shape index (κ2) is 7.03. The van der Waals surface area contributed by atoms with Crippen molar-refractivity contribution in [1.82, 2.24) is 13.4 Å². The molecule has 0 N–H and O–H groups in total. The van der Waals surface area contributed by atoms with Gasteiger partial charge in [0, 0.05) is 45.5 Å². The maximum Gasteiger partial charge on any atom is 0.328 e. The third kappa shape index (κ3) is 3.26. The predicted molar refractivity (Wildman–Crippen MR) is 115 cm³/mol. The lowest BCUT2D eigenvalue weighted by Gasteiger charge is -2.40. The molecular formula is C21H26N4O3S. The number of fused-ring (bicyclic) bond motifs is 1. The molecule has 0 bridgehead atoms. The predicted octanol–water partition coefficient (Wildman–Crippen LogP) is 2.08. The largest absolute Gasteiger partial charge is 0.366 e. The Balaban J connectivity index is 1.63. The molecule has 0 saturated carbocycles. The highest BCUT2D eigenvalue weighted by molar-refractivity contribution is 7.89. The molecule has 8 heteroatoms. The van der Waals surface area contributed by atoms with Gasteiger partial charge < -0.3 is 4.90 Å². The van der Waals surface area contributed by atoms with Crippen molar-refractivity contribution in [2.45, 2.75) is 24.8 Å². The van der Waals surface area contributed by atoms with Gasteiger partial charge in [0.2, 0.25) is 10.0 Å². The quantitative estimate of drug-likeness (QED) is 0.658. The van der Waals surface area contributed by atoms with Gasteiger partial charge in [-0.15, -0.1) is 0 Å². The van der Waals surface area contributed by atoms with Crippen LogP contribution in [0.1, 0.15) is 12.5 Å². The first kappa shape index (κ1) is 19.7. The summed E-state index contributed by atoms with van der Waals surface area (Å²) in [5, 5.41) is 0. The van der Waals surface area contributed by atoms with Crippen LogP contribution in [0, 0.1) is 6.92 Å². The average Bonchev–Trinajstić information content (AvgIpc) is 2.91. The van der Waals surface area contributed by atoms with Crippen LogP contribution in [0.2, 0.25) is 0 Å². The molecule has 3 aromatic rings. The van der Waals surface area contributed by atoms with Crippen LogP contribution in [0.25, 0.3) is 11.0 Å². The van der Waals surface area contributed by atoms with E-state index in [2.05, 4.69) is 30.0 Å². The maximum absolute atomic E-state index is 13.3. The minimum absolute atomic E-state index is 0.0603. The number of rotatable bonds is 3. The first-order valence-corrected chi connectivity index (χ1v) is 11.1. The Morgan fingerprint density at radius 1 is 0.966 bits per heavy atom. The molecule has 1 aromatic heterocycles. The van der Waals surface area contributed by atoms with Gasteiger partial charge in [0.1, 0.15) is 0 Å². The Hall–Kier alpha value is -2.58. The summed E-state index contributed by atoms with van der Waals surface area (Å²) >= 11 is 0. The number of benzene rings is 2. The zero-order chi connectivity index (χ0) is 20.9. The van der Waals surface area contributed by atoms with Gasteiger partial charge >= 0.3 is 5.69 Å². The lowest BCUT2D eigenvalue weighted by atomic mass is 10.1. The van der Waals surface area contributed by atoms with Gasteiger partial charge in [-0.3, -0.25) is 9.13 Å². The fourth-order valence-corrected chi connectivity index (χ4v) is 5.66. The molecule has 1 unspecified atom stereocenters. The second-order valence-corrected chi connectivity index (χ2v) is 9.73. The first-order chi connectivity index (χ1) is 13.7. The highest BCUT2D eigenvalue weighted by atomic mass is 32.2. The summed E-state index contributed by atoms with van der Waals surface area (Å²) in [6.07, 6.45) is 0. The molecule has 0 spiro atoms. The smallest absolute Gasteiger partial charge is 0.328 e. The standard InChI is InChI=1S/C21H26N4O3S/c1-15-6-5-7-17(12-15)25-11-10-24(14-16(25)2)29(27,28)18-8-9-19-20(13-18)23(4)21(26)22(19)3/h5-9,12-13,16H,10-11,14H2,1-4H3. The molecule has 0 amide bonds. The van der Waals surface area contributed by atoms with E-state index in [1.807, 2.05) is 13.0 Å². The Morgan fingerprint density at radius 2 is 1.69 bits per heavy atom. The van der Waals surface area contributed by atoms with Gasteiger partial charge in [-0.1, -0.05) is 12.1 Å². The molecule has 0 aliphatic carbocycles. The number of imidazole rings is 1. The fourth-order valence-electron chi connectivity index (χ4n) is 4.13. The number of piperazine rings is 1. The normalized spacial score (nSPS) is 18.5. The average molecular weight is 415 g/mol. The number of hydrogen-bond donors (Lipinski definition) is 0. The van der Waals surface area contributed by atoms with Crippen molar-refractivity contribution in [3.05, 3.63) is 58.5 Å². The van der Waals surface area contributed by atoms with Crippen molar-refractivity contribution in [3.8, 4) is 0 Å². The van der Waals surface area contributed by atoms with Crippen molar-refractivity contribution in [1.29, 1.82) is 0 Å². The zero-order valence-corrected chi connectivity index (χ0v) is 18.0. The van der Waals surface area contributed by atoms with Crippen molar-refractivity contribution in [2.24, 2.45) is 14.1 Å². The molecule has 4 rings (SSSR count). The van der Waals surface area contributed by atoms with Crippen LogP contribution in [0.3, 0.4) is 0 Å². The molecule has 1 atom stereocenters. The van der Waals surface area contributed by atoms with E-state index < -0.39 is 10.0 Å². The minimum Gasteiger partial charge on any atom is -0.366 e. The molecule has 154 valence electrons. The fraction of sp³-hybridized carbons (Fsp3) is 0.381. The number of aryl methyl sites for hydroxylation is 3. The molecule has 2 heterocycles. The van der Waals surface area contributed by atoms with Crippen LogP contribution in [0.5, 0.6) is 0 Å². The van der Waals surface area contributed by atoms with Gasteiger partial charge in [-0.25, -0.2) is 13.2 Å². The maximum atomic E-state index is 13.3. The van der Waals surface area contributed by atoms with E-state index in [4.69, 9.17) is 0 Å². The second-order valence-electron chi connectivity index (χ2n) is 7.80. The molecule has 1 saturated heterocycles. The Labute approximate surface area is 170 Å². The monoisotopic (exact) mass is 414 g/mol. The molecule has 0 radical (unpaired) electrons. The van der Waals surface area contributed by atoms with Gasteiger partial charge in [0.05, 0.1) is 15.9 Å². The van der Waals surface area contributed by atoms with Crippen LogP contribution >= 0.6 is 0 Å². The van der Waals surface area contributed by atoms with Crippen LogP contribution in [0.15, 0.2) is 52.2 Å². The number of sulfonamides is 1. The molecule has 1 aliphatic rings. The van der Waals surface area contributed by atoms with E-state index in [0.717, 1.165) is 5.69 Å². The van der Waals surface area contributed by atoms with E-state index in [1.54, 1.807) is 36.6 Å². The number of hydrogen-bond acceptors (Lipinski definition) is 4. The van der Waals surface area contributed by atoms with Crippen LogP contribution in [0.4, 0.5) is 5.69 Å². The zero-order valence-electron chi connectivity index (χ0n) is 17.2. The van der Waals surface area contributed by atoms with E-state index in [0.29, 0.717) is 30.7 Å². The third-order valence-corrected chi connectivity index (χ3v) is 7.67. The summed E-state index contributed by atoms with van der Waals surface area (Å²) in [6, 6.07) is 13.2. The van der Waals surface area contributed by atoms with Crippen molar-refractivity contribution in [3.63, 3.8) is 0 Å².